The van der Waals surface area contributed by atoms with Gasteiger partial charge in [-0.05, 0) is 32.9 Å². The summed E-state index contributed by atoms with van der Waals surface area (Å²) in [6.45, 7) is 6.22. The summed E-state index contributed by atoms with van der Waals surface area (Å²) in [6, 6.07) is 3.87. The minimum absolute atomic E-state index is 0.579. The second kappa shape index (κ2) is 5.05. The first-order chi connectivity index (χ1) is 8.60. The van der Waals surface area contributed by atoms with E-state index in [1.807, 2.05) is 32.9 Å². The number of nitrogens with zero attached hydrogens (tertiary/aromatic N) is 2. The number of nitrogens with one attached hydrogen (secondary N) is 2. The second-order valence-corrected chi connectivity index (χ2v) is 4.10. The molecule has 0 amide bonds. The quantitative estimate of drug-likeness (QED) is 0.564. The lowest BCUT2D eigenvalue weighted by Gasteiger charge is -2.11. The Morgan fingerprint density at radius 2 is 1.89 bits per heavy atom. The minimum Gasteiger partial charge on any atom is -0.465 e. The van der Waals surface area contributed by atoms with Crippen molar-refractivity contribution in [2.75, 3.05) is 10.7 Å². The molecule has 6 nitrogen and oxygen atoms in total. The second-order valence-electron chi connectivity index (χ2n) is 4.10. The van der Waals surface area contributed by atoms with Crippen molar-refractivity contribution in [3.8, 4) is 0 Å². The number of nitrogens with two attached hydrogens (primary N) is 1. The summed E-state index contributed by atoms with van der Waals surface area (Å²) in [6.07, 6.45) is 0. The smallest absolute Gasteiger partial charge is 0.148 e. The fourth-order valence-electron chi connectivity index (χ4n) is 1.69. The number of hydrazine groups is 1. The van der Waals surface area contributed by atoms with Gasteiger partial charge in [-0.3, -0.25) is 0 Å². The van der Waals surface area contributed by atoms with Gasteiger partial charge in [0.25, 0.3) is 0 Å². The molecule has 2 rings (SSSR count). The third-order valence-electron chi connectivity index (χ3n) is 2.62. The van der Waals surface area contributed by atoms with Gasteiger partial charge >= 0.3 is 0 Å². The first kappa shape index (κ1) is 12.4. The molecule has 0 spiro atoms. The van der Waals surface area contributed by atoms with Crippen LogP contribution < -0.4 is 16.6 Å². The molecule has 0 aromatic carbocycles. The van der Waals surface area contributed by atoms with Crippen molar-refractivity contribution in [2.45, 2.75) is 27.3 Å². The highest BCUT2D eigenvalue weighted by molar-refractivity contribution is 5.56. The van der Waals surface area contributed by atoms with Crippen molar-refractivity contribution in [2.24, 2.45) is 5.84 Å². The van der Waals surface area contributed by atoms with Gasteiger partial charge in [0.05, 0.1) is 6.54 Å². The molecule has 0 fully saturated rings. The van der Waals surface area contributed by atoms with Crippen LogP contribution in [-0.4, -0.2) is 9.97 Å². The molecular formula is C12H17N5O. The Balaban J connectivity index is 2.16. The van der Waals surface area contributed by atoms with E-state index in [2.05, 4.69) is 20.7 Å². The molecule has 0 aliphatic heterocycles. The van der Waals surface area contributed by atoms with E-state index < -0.39 is 0 Å². The Hall–Kier alpha value is -2.08. The van der Waals surface area contributed by atoms with Crippen LogP contribution in [0.15, 0.2) is 16.5 Å². The van der Waals surface area contributed by atoms with E-state index >= 15 is 0 Å². The van der Waals surface area contributed by atoms with Gasteiger partial charge in [-0.1, -0.05) is 0 Å². The van der Waals surface area contributed by atoms with Gasteiger partial charge in [-0.2, -0.15) is 0 Å². The normalized spacial score (nSPS) is 10.4. The maximum atomic E-state index is 5.49. The third kappa shape index (κ3) is 2.60. The van der Waals surface area contributed by atoms with E-state index in [4.69, 9.17) is 10.3 Å². The Kier molecular flexibility index (Phi) is 3.47. The van der Waals surface area contributed by atoms with Gasteiger partial charge in [0.15, 0.2) is 0 Å². The zero-order valence-electron chi connectivity index (χ0n) is 10.7. The first-order valence-corrected chi connectivity index (χ1v) is 5.71. The van der Waals surface area contributed by atoms with Gasteiger partial charge in [-0.25, -0.2) is 15.8 Å². The summed E-state index contributed by atoms with van der Waals surface area (Å²) in [5.74, 6) is 9.21. The zero-order valence-corrected chi connectivity index (χ0v) is 10.7. The third-order valence-corrected chi connectivity index (χ3v) is 2.62. The number of hydrogen-bond donors (Lipinski definition) is 3. The van der Waals surface area contributed by atoms with Gasteiger partial charge in [0.2, 0.25) is 0 Å². The van der Waals surface area contributed by atoms with E-state index in [0.29, 0.717) is 18.2 Å². The molecule has 2 aromatic heterocycles. The maximum absolute atomic E-state index is 5.49. The summed E-state index contributed by atoms with van der Waals surface area (Å²) in [5, 5.41) is 3.22. The van der Waals surface area contributed by atoms with Crippen molar-refractivity contribution in [1.82, 2.24) is 9.97 Å². The highest BCUT2D eigenvalue weighted by Crippen LogP contribution is 2.19. The molecule has 0 saturated carbocycles. The molecule has 18 heavy (non-hydrogen) atoms. The number of furan rings is 1. The number of aryl methyl sites for hydroxylation is 2. The van der Waals surface area contributed by atoms with Crippen molar-refractivity contribution in [3.05, 3.63) is 35.0 Å². The predicted octanol–water partition coefficient (Wildman–Crippen LogP) is 1.89. The van der Waals surface area contributed by atoms with Crippen LogP contribution in [0.1, 0.15) is 22.9 Å². The standard InChI is InChI=1S/C12H17N5O/c1-7-4-5-10(18-7)6-14-11-8(2)12(17-13)16-9(3)15-11/h4-5H,6,13H2,1-3H3,(H2,14,15,16,17). The Labute approximate surface area is 106 Å². The van der Waals surface area contributed by atoms with E-state index in [1.54, 1.807) is 0 Å². The SMILES string of the molecule is Cc1nc(NN)c(C)c(NCc2ccc(C)o2)n1. The highest BCUT2D eigenvalue weighted by Gasteiger charge is 2.08. The summed E-state index contributed by atoms with van der Waals surface area (Å²) < 4.78 is 5.49. The average molecular weight is 247 g/mol. The van der Waals surface area contributed by atoms with Crippen LogP contribution in [0, 0.1) is 20.8 Å². The molecule has 0 unspecified atom stereocenters. The van der Waals surface area contributed by atoms with E-state index in [0.717, 1.165) is 22.9 Å². The highest BCUT2D eigenvalue weighted by atomic mass is 16.3. The molecule has 4 N–H and O–H groups in total. The van der Waals surface area contributed by atoms with Crippen LogP contribution in [0.5, 0.6) is 0 Å². The number of aromatic nitrogens is 2. The van der Waals surface area contributed by atoms with Crippen molar-refractivity contribution < 1.29 is 4.42 Å². The van der Waals surface area contributed by atoms with Crippen LogP contribution in [0.25, 0.3) is 0 Å². The number of anilines is 2. The monoisotopic (exact) mass is 247 g/mol. The molecule has 0 atom stereocenters. The molecule has 0 saturated heterocycles. The minimum atomic E-state index is 0.579. The molecule has 0 bridgehead atoms. The Morgan fingerprint density at radius 3 is 2.50 bits per heavy atom. The van der Waals surface area contributed by atoms with Crippen LogP contribution in [0.2, 0.25) is 0 Å². The largest absolute Gasteiger partial charge is 0.465 e. The summed E-state index contributed by atoms with van der Waals surface area (Å²) in [5.41, 5.74) is 3.45. The summed E-state index contributed by atoms with van der Waals surface area (Å²) in [7, 11) is 0. The van der Waals surface area contributed by atoms with Crippen LogP contribution >= 0.6 is 0 Å². The molecule has 0 aliphatic rings. The number of nitrogen functional groups attached to an aromatic ring is 1. The molecule has 6 heteroatoms. The van der Waals surface area contributed by atoms with Gasteiger partial charge < -0.3 is 15.2 Å². The lowest BCUT2D eigenvalue weighted by atomic mass is 10.3. The zero-order chi connectivity index (χ0) is 13.1. The summed E-state index contributed by atoms with van der Waals surface area (Å²) in [4.78, 5) is 8.54. The Morgan fingerprint density at radius 1 is 1.17 bits per heavy atom. The lowest BCUT2D eigenvalue weighted by molar-refractivity contribution is 0.490. The maximum Gasteiger partial charge on any atom is 0.148 e. The van der Waals surface area contributed by atoms with Crippen molar-refractivity contribution in [1.29, 1.82) is 0 Å². The van der Waals surface area contributed by atoms with Gasteiger partial charge in [-0.15, -0.1) is 0 Å². The van der Waals surface area contributed by atoms with Crippen LogP contribution in [0.3, 0.4) is 0 Å². The fourth-order valence-corrected chi connectivity index (χ4v) is 1.69. The molecule has 0 aliphatic carbocycles. The van der Waals surface area contributed by atoms with E-state index in [-0.39, 0.29) is 0 Å². The predicted molar refractivity (Wildman–Crippen MR) is 70.1 cm³/mol. The van der Waals surface area contributed by atoms with Crippen LogP contribution in [0.4, 0.5) is 11.6 Å². The average Bonchev–Trinajstić information content (AvgIpc) is 2.75. The van der Waals surface area contributed by atoms with E-state index in [9.17, 15) is 0 Å². The van der Waals surface area contributed by atoms with Crippen molar-refractivity contribution >= 4 is 11.6 Å². The van der Waals surface area contributed by atoms with E-state index in [1.165, 1.54) is 0 Å². The molecular weight excluding hydrogens is 230 g/mol. The lowest BCUT2D eigenvalue weighted by Crippen LogP contribution is -2.14. The summed E-state index contributed by atoms with van der Waals surface area (Å²) >= 11 is 0. The van der Waals surface area contributed by atoms with Gasteiger partial charge in [0.1, 0.15) is 29.0 Å². The van der Waals surface area contributed by atoms with Gasteiger partial charge in [0, 0.05) is 5.56 Å². The number of hydrogen-bond acceptors (Lipinski definition) is 6. The molecule has 2 heterocycles. The molecule has 0 radical (unpaired) electrons. The first-order valence-electron chi connectivity index (χ1n) is 5.71. The topological polar surface area (TPSA) is 89.0 Å². The Bertz CT molecular complexity index is 549. The molecule has 96 valence electrons. The van der Waals surface area contributed by atoms with Crippen LogP contribution in [-0.2, 0) is 6.54 Å². The number of rotatable bonds is 4. The molecule has 2 aromatic rings. The fraction of sp³-hybridized carbons (Fsp3) is 0.333. The van der Waals surface area contributed by atoms with Crippen molar-refractivity contribution in [3.63, 3.8) is 0 Å².